The van der Waals surface area contributed by atoms with Gasteiger partial charge in [0.1, 0.15) is 5.88 Å². The Morgan fingerprint density at radius 3 is 2.62 bits per heavy atom. The van der Waals surface area contributed by atoms with E-state index in [1.807, 2.05) is 0 Å². The summed E-state index contributed by atoms with van der Waals surface area (Å²) in [7, 11) is -3.58. The lowest BCUT2D eigenvalue weighted by Gasteiger charge is -2.27. The summed E-state index contributed by atoms with van der Waals surface area (Å²) in [5, 5.41) is 2.59. The van der Waals surface area contributed by atoms with Gasteiger partial charge in [-0.15, -0.1) is 11.6 Å². The Morgan fingerprint density at radius 2 is 1.95 bits per heavy atom. The van der Waals surface area contributed by atoms with E-state index in [2.05, 4.69) is 5.32 Å². The Kier molecular flexibility index (Phi) is 5.58. The number of hydrogen-bond donors (Lipinski definition) is 1. The maximum Gasteiger partial charge on any atom is 0.243 e. The highest BCUT2D eigenvalue weighted by Crippen LogP contribution is 2.21. The van der Waals surface area contributed by atoms with Crippen LogP contribution in [0.25, 0.3) is 0 Å². The first-order valence-electron chi connectivity index (χ1n) is 6.54. The molecule has 1 aliphatic rings. The first kappa shape index (κ1) is 16.2. The van der Waals surface area contributed by atoms with Crippen LogP contribution in [0.15, 0.2) is 29.2 Å². The van der Waals surface area contributed by atoms with Crippen molar-refractivity contribution in [1.82, 2.24) is 9.62 Å². The molecule has 1 aliphatic heterocycles. The monoisotopic (exact) mass is 332 g/mol. The Hall–Kier alpha value is -1.15. The molecule has 0 aromatic heterocycles. The van der Waals surface area contributed by atoms with Crippen LogP contribution < -0.4 is 5.32 Å². The number of hydrogen-bond acceptors (Lipinski definition) is 4. The smallest absolute Gasteiger partial charge is 0.243 e. The summed E-state index contributed by atoms with van der Waals surface area (Å²) in [6, 6.07) is 6.63. The molecule has 1 aromatic rings. The fourth-order valence-corrected chi connectivity index (χ4v) is 3.79. The number of morpholine rings is 1. The van der Waals surface area contributed by atoms with E-state index in [4.69, 9.17) is 16.3 Å². The fraction of sp³-hybridized carbons (Fsp3) is 0.462. The predicted molar refractivity (Wildman–Crippen MR) is 78.6 cm³/mol. The maximum absolute atomic E-state index is 12.7. The van der Waals surface area contributed by atoms with Crippen LogP contribution in [-0.4, -0.2) is 50.8 Å². The van der Waals surface area contributed by atoms with Crippen LogP contribution in [0.2, 0.25) is 0 Å². The van der Waals surface area contributed by atoms with Gasteiger partial charge in [-0.2, -0.15) is 4.31 Å². The number of ether oxygens (including phenoxy) is 1. The van der Waals surface area contributed by atoms with Crippen molar-refractivity contribution in [3.8, 4) is 0 Å². The molecule has 0 bridgehead atoms. The summed E-state index contributed by atoms with van der Waals surface area (Å²) in [6.07, 6.45) is 0. The van der Waals surface area contributed by atoms with Crippen molar-refractivity contribution in [2.24, 2.45) is 0 Å². The molecule has 116 valence electrons. The number of sulfonamides is 1. The van der Waals surface area contributed by atoms with Gasteiger partial charge in [0.25, 0.3) is 0 Å². The highest BCUT2D eigenvalue weighted by atomic mass is 35.5. The molecule has 1 aromatic carbocycles. The third-order valence-corrected chi connectivity index (χ3v) is 5.40. The first-order chi connectivity index (χ1) is 10.1. The molecule has 1 saturated heterocycles. The van der Waals surface area contributed by atoms with Crippen molar-refractivity contribution in [1.29, 1.82) is 0 Å². The van der Waals surface area contributed by atoms with Crippen LogP contribution in [0.4, 0.5) is 0 Å². The van der Waals surface area contributed by atoms with E-state index in [0.717, 1.165) is 0 Å². The molecule has 1 N–H and O–H groups in total. The minimum Gasteiger partial charge on any atom is -0.379 e. The van der Waals surface area contributed by atoms with Crippen LogP contribution in [0, 0.1) is 0 Å². The second-order valence-corrected chi connectivity index (χ2v) is 6.71. The van der Waals surface area contributed by atoms with E-state index in [-0.39, 0.29) is 23.2 Å². The van der Waals surface area contributed by atoms with Crippen molar-refractivity contribution in [2.45, 2.75) is 11.4 Å². The number of carbonyl (C=O) groups is 1. The van der Waals surface area contributed by atoms with E-state index in [9.17, 15) is 13.2 Å². The summed E-state index contributed by atoms with van der Waals surface area (Å²) in [5.74, 6) is -0.492. The van der Waals surface area contributed by atoms with E-state index < -0.39 is 10.0 Å². The lowest BCUT2D eigenvalue weighted by molar-refractivity contribution is -0.118. The quantitative estimate of drug-likeness (QED) is 0.800. The molecular formula is C13H17ClN2O4S. The lowest BCUT2D eigenvalue weighted by atomic mass is 10.2. The van der Waals surface area contributed by atoms with Crippen molar-refractivity contribution in [2.75, 3.05) is 32.2 Å². The molecule has 2 rings (SSSR count). The van der Waals surface area contributed by atoms with Gasteiger partial charge >= 0.3 is 0 Å². The van der Waals surface area contributed by atoms with Gasteiger partial charge in [-0.25, -0.2) is 8.42 Å². The van der Waals surface area contributed by atoms with Gasteiger partial charge in [0.15, 0.2) is 0 Å². The van der Waals surface area contributed by atoms with E-state index in [0.29, 0.717) is 31.9 Å². The van der Waals surface area contributed by atoms with Gasteiger partial charge in [-0.05, 0) is 11.6 Å². The molecule has 8 heteroatoms. The zero-order valence-corrected chi connectivity index (χ0v) is 13.0. The van der Waals surface area contributed by atoms with E-state index in [1.54, 1.807) is 24.3 Å². The number of amides is 1. The Morgan fingerprint density at radius 1 is 1.29 bits per heavy atom. The maximum atomic E-state index is 12.7. The molecule has 0 atom stereocenters. The molecule has 0 unspecified atom stereocenters. The molecule has 0 radical (unpaired) electrons. The van der Waals surface area contributed by atoms with E-state index in [1.165, 1.54) is 4.31 Å². The zero-order chi connectivity index (χ0) is 15.3. The SMILES string of the molecule is O=C(CCl)NCc1ccccc1S(=O)(=O)N1CCOCC1. The van der Waals surface area contributed by atoms with E-state index >= 15 is 0 Å². The van der Waals surface area contributed by atoms with Gasteiger partial charge in [-0.1, -0.05) is 18.2 Å². The molecule has 0 aliphatic carbocycles. The Balaban J connectivity index is 2.23. The van der Waals surface area contributed by atoms with Crippen LogP contribution in [0.5, 0.6) is 0 Å². The number of nitrogens with zero attached hydrogens (tertiary/aromatic N) is 1. The first-order valence-corrected chi connectivity index (χ1v) is 8.51. The van der Waals surface area contributed by atoms with Gasteiger partial charge in [0.2, 0.25) is 15.9 Å². The average molecular weight is 333 g/mol. The third kappa shape index (κ3) is 3.94. The minimum absolute atomic E-state index is 0.130. The van der Waals surface area contributed by atoms with Crippen LogP contribution in [0.1, 0.15) is 5.56 Å². The second kappa shape index (κ2) is 7.22. The molecule has 1 amide bonds. The molecule has 6 nitrogen and oxygen atoms in total. The van der Waals surface area contributed by atoms with Crippen molar-refractivity contribution >= 4 is 27.5 Å². The largest absolute Gasteiger partial charge is 0.379 e. The van der Waals surface area contributed by atoms with Crippen molar-refractivity contribution in [3.05, 3.63) is 29.8 Å². The van der Waals surface area contributed by atoms with Crippen LogP contribution in [-0.2, 0) is 26.1 Å². The number of carbonyl (C=O) groups excluding carboxylic acids is 1. The normalized spacial score (nSPS) is 16.6. The van der Waals surface area contributed by atoms with Gasteiger partial charge in [-0.3, -0.25) is 4.79 Å². The Bertz CT molecular complexity index is 600. The number of halogens is 1. The summed E-state index contributed by atoms with van der Waals surface area (Å²) in [6.45, 7) is 1.59. The predicted octanol–water partition coefficient (Wildman–Crippen LogP) is 0.562. The summed E-state index contributed by atoms with van der Waals surface area (Å²) in [5.41, 5.74) is 0.544. The van der Waals surface area contributed by atoms with Crippen molar-refractivity contribution < 1.29 is 17.9 Å². The lowest BCUT2D eigenvalue weighted by Crippen LogP contribution is -2.41. The molecule has 1 heterocycles. The number of benzene rings is 1. The van der Waals surface area contributed by atoms with Crippen molar-refractivity contribution in [3.63, 3.8) is 0 Å². The van der Waals surface area contributed by atoms with Gasteiger partial charge in [0.05, 0.1) is 18.1 Å². The number of rotatable bonds is 5. The molecule has 21 heavy (non-hydrogen) atoms. The zero-order valence-electron chi connectivity index (χ0n) is 11.4. The second-order valence-electron chi connectivity index (χ2n) is 4.53. The standard InChI is InChI=1S/C13H17ClN2O4S/c14-9-13(17)15-10-11-3-1-2-4-12(11)21(18,19)16-5-7-20-8-6-16/h1-4H,5-10H2,(H,15,17). The highest BCUT2D eigenvalue weighted by Gasteiger charge is 2.28. The van der Waals surface area contributed by atoms with Crippen LogP contribution >= 0.6 is 11.6 Å². The van der Waals surface area contributed by atoms with Crippen LogP contribution in [0.3, 0.4) is 0 Å². The molecule has 0 saturated carbocycles. The average Bonchev–Trinajstić information content (AvgIpc) is 2.53. The fourth-order valence-electron chi connectivity index (χ4n) is 2.07. The molecular weight excluding hydrogens is 316 g/mol. The number of nitrogens with one attached hydrogen (secondary N) is 1. The topological polar surface area (TPSA) is 75.7 Å². The molecule has 0 spiro atoms. The number of alkyl halides is 1. The summed E-state index contributed by atoms with van der Waals surface area (Å²) >= 11 is 5.42. The molecule has 1 fully saturated rings. The van der Waals surface area contributed by atoms with Gasteiger partial charge < -0.3 is 10.1 Å². The third-order valence-electron chi connectivity index (χ3n) is 3.16. The Labute approximate surface area is 129 Å². The summed E-state index contributed by atoms with van der Waals surface area (Å²) in [4.78, 5) is 11.4. The highest BCUT2D eigenvalue weighted by molar-refractivity contribution is 7.89. The van der Waals surface area contributed by atoms with Gasteiger partial charge in [0, 0.05) is 19.6 Å². The minimum atomic E-state index is -3.58. The summed E-state index contributed by atoms with van der Waals surface area (Å²) < 4.78 is 31.9.